The van der Waals surface area contributed by atoms with Crippen LogP contribution in [0.25, 0.3) is 0 Å². The lowest BCUT2D eigenvalue weighted by Gasteiger charge is -2.12. The minimum Gasteiger partial charge on any atom is -0.481 e. The third-order valence-corrected chi connectivity index (χ3v) is 2.51. The predicted molar refractivity (Wildman–Crippen MR) is 58.0 cm³/mol. The van der Waals surface area contributed by atoms with Crippen LogP contribution in [-0.4, -0.2) is 36.2 Å². The van der Waals surface area contributed by atoms with Gasteiger partial charge in [-0.25, -0.2) is 0 Å². The van der Waals surface area contributed by atoms with Gasteiger partial charge < -0.3 is 15.2 Å². The molecule has 0 saturated heterocycles. The maximum absolute atomic E-state index is 11.4. The van der Waals surface area contributed by atoms with E-state index >= 15 is 0 Å². The van der Waals surface area contributed by atoms with E-state index in [0.29, 0.717) is 25.5 Å². The molecule has 0 spiro atoms. The van der Waals surface area contributed by atoms with Gasteiger partial charge in [0.15, 0.2) is 0 Å². The molecule has 92 valence electrons. The van der Waals surface area contributed by atoms with E-state index in [1.54, 1.807) is 6.92 Å². The Labute approximate surface area is 95.2 Å². The van der Waals surface area contributed by atoms with Crippen LogP contribution >= 0.6 is 0 Å². The molecule has 16 heavy (non-hydrogen) atoms. The molecule has 0 radical (unpaired) electrons. The highest BCUT2D eigenvalue weighted by molar-refractivity contribution is 5.80. The van der Waals surface area contributed by atoms with Crippen LogP contribution < -0.4 is 5.32 Å². The van der Waals surface area contributed by atoms with Gasteiger partial charge in [-0.15, -0.1) is 0 Å². The minimum absolute atomic E-state index is 0.0809. The zero-order valence-electron chi connectivity index (χ0n) is 9.57. The fourth-order valence-corrected chi connectivity index (χ4v) is 1.24. The summed E-state index contributed by atoms with van der Waals surface area (Å²) in [6, 6.07) is 0. The van der Waals surface area contributed by atoms with Crippen molar-refractivity contribution in [1.29, 1.82) is 0 Å². The molecule has 0 aromatic heterocycles. The molecule has 0 aromatic rings. The van der Waals surface area contributed by atoms with Crippen molar-refractivity contribution in [2.24, 2.45) is 5.92 Å². The van der Waals surface area contributed by atoms with Crippen molar-refractivity contribution in [2.75, 3.05) is 13.2 Å². The topological polar surface area (TPSA) is 75.6 Å². The first kappa shape index (κ1) is 13.0. The number of carboxylic acid groups (broad SMARTS) is 1. The average molecular weight is 229 g/mol. The highest BCUT2D eigenvalue weighted by Crippen LogP contribution is 2.29. The molecule has 5 nitrogen and oxygen atoms in total. The summed E-state index contributed by atoms with van der Waals surface area (Å²) in [4.78, 5) is 21.7. The van der Waals surface area contributed by atoms with E-state index in [2.05, 4.69) is 5.32 Å². The molecule has 1 aliphatic rings. The predicted octanol–water partition coefficient (Wildman–Crippen LogP) is 0.782. The zero-order valence-corrected chi connectivity index (χ0v) is 9.57. The van der Waals surface area contributed by atoms with Crippen LogP contribution in [0.5, 0.6) is 0 Å². The van der Waals surface area contributed by atoms with E-state index in [4.69, 9.17) is 9.84 Å². The van der Waals surface area contributed by atoms with Gasteiger partial charge in [0.1, 0.15) is 6.10 Å². The van der Waals surface area contributed by atoms with E-state index in [0.717, 1.165) is 0 Å². The van der Waals surface area contributed by atoms with E-state index < -0.39 is 12.1 Å². The van der Waals surface area contributed by atoms with Gasteiger partial charge in [0.05, 0.1) is 6.61 Å². The van der Waals surface area contributed by atoms with Crippen molar-refractivity contribution < 1.29 is 19.4 Å². The fourth-order valence-electron chi connectivity index (χ4n) is 1.24. The SMILES string of the molecule is CC(OCC1CC1)C(=O)NCCCC(=O)O. The molecule has 0 heterocycles. The van der Waals surface area contributed by atoms with Gasteiger partial charge in [-0.1, -0.05) is 0 Å². The van der Waals surface area contributed by atoms with Crippen molar-refractivity contribution in [3.63, 3.8) is 0 Å². The Hall–Kier alpha value is -1.10. The van der Waals surface area contributed by atoms with Crippen molar-refractivity contribution in [3.8, 4) is 0 Å². The number of ether oxygens (including phenoxy) is 1. The van der Waals surface area contributed by atoms with Crippen LogP contribution in [0.3, 0.4) is 0 Å². The van der Waals surface area contributed by atoms with Gasteiger partial charge in [-0.2, -0.15) is 0 Å². The summed E-state index contributed by atoms with van der Waals surface area (Å²) in [7, 11) is 0. The van der Waals surface area contributed by atoms with Gasteiger partial charge in [0, 0.05) is 13.0 Å². The second kappa shape index (κ2) is 6.48. The number of hydrogen-bond donors (Lipinski definition) is 2. The summed E-state index contributed by atoms with van der Waals surface area (Å²) in [5.41, 5.74) is 0. The second-order valence-corrected chi connectivity index (χ2v) is 4.21. The fraction of sp³-hybridized carbons (Fsp3) is 0.818. The first-order valence-electron chi connectivity index (χ1n) is 5.70. The van der Waals surface area contributed by atoms with E-state index in [1.807, 2.05) is 0 Å². The third kappa shape index (κ3) is 5.70. The summed E-state index contributed by atoms with van der Waals surface area (Å²) >= 11 is 0. The van der Waals surface area contributed by atoms with Gasteiger partial charge in [-0.3, -0.25) is 9.59 Å². The number of carbonyl (C=O) groups excluding carboxylic acids is 1. The average Bonchev–Trinajstić information content (AvgIpc) is 3.04. The smallest absolute Gasteiger partial charge is 0.303 e. The third-order valence-electron chi connectivity index (χ3n) is 2.51. The standard InChI is InChI=1S/C11H19NO4/c1-8(16-7-9-4-5-9)11(15)12-6-2-3-10(13)14/h8-9H,2-7H2,1H3,(H,12,15)(H,13,14). The van der Waals surface area contributed by atoms with Crippen LogP contribution in [0.4, 0.5) is 0 Å². The van der Waals surface area contributed by atoms with Gasteiger partial charge in [0.2, 0.25) is 5.91 Å². The zero-order chi connectivity index (χ0) is 12.0. The number of carboxylic acids is 1. The molecular weight excluding hydrogens is 210 g/mol. The molecule has 1 rings (SSSR count). The van der Waals surface area contributed by atoms with Crippen LogP contribution in [0.15, 0.2) is 0 Å². The lowest BCUT2D eigenvalue weighted by atomic mass is 10.3. The number of rotatable bonds is 8. The highest BCUT2D eigenvalue weighted by Gasteiger charge is 2.23. The van der Waals surface area contributed by atoms with Gasteiger partial charge >= 0.3 is 5.97 Å². The Kier molecular flexibility index (Phi) is 5.25. The lowest BCUT2D eigenvalue weighted by Crippen LogP contribution is -2.35. The van der Waals surface area contributed by atoms with Crippen LogP contribution in [0, 0.1) is 5.92 Å². The number of hydrogen-bond acceptors (Lipinski definition) is 3. The summed E-state index contributed by atoms with van der Waals surface area (Å²) in [5, 5.41) is 11.1. The summed E-state index contributed by atoms with van der Waals surface area (Å²) < 4.78 is 5.38. The highest BCUT2D eigenvalue weighted by atomic mass is 16.5. The van der Waals surface area contributed by atoms with Crippen molar-refractivity contribution in [3.05, 3.63) is 0 Å². The first-order valence-corrected chi connectivity index (χ1v) is 5.70. The second-order valence-electron chi connectivity index (χ2n) is 4.21. The van der Waals surface area contributed by atoms with Gasteiger partial charge in [0.25, 0.3) is 0 Å². The molecule has 2 N–H and O–H groups in total. The van der Waals surface area contributed by atoms with Crippen molar-refractivity contribution in [1.82, 2.24) is 5.32 Å². The van der Waals surface area contributed by atoms with E-state index in [1.165, 1.54) is 12.8 Å². The van der Waals surface area contributed by atoms with Crippen LogP contribution in [-0.2, 0) is 14.3 Å². The molecule has 1 fully saturated rings. The molecule has 0 aromatic carbocycles. The Morgan fingerprint density at radius 2 is 2.19 bits per heavy atom. The number of carbonyl (C=O) groups is 2. The molecular formula is C11H19NO4. The molecule has 5 heteroatoms. The Bertz CT molecular complexity index is 250. The molecule has 1 amide bonds. The molecule has 0 aliphatic heterocycles. The van der Waals surface area contributed by atoms with Crippen molar-refractivity contribution >= 4 is 11.9 Å². The van der Waals surface area contributed by atoms with Crippen molar-refractivity contribution in [2.45, 2.75) is 38.7 Å². The largest absolute Gasteiger partial charge is 0.481 e. The monoisotopic (exact) mass is 229 g/mol. The van der Waals surface area contributed by atoms with Gasteiger partial charge in [-0.05, 0) is 32.1 Å². The van der Waals surface area contributed by atoms with E-state index in [9.17, 15) is 9.59 Å². The number of nitrogens with one attached hydrogen (secondary N) is 1. The maximum atomic E-state index is 11.4. The van der Waals surface area contributed by atoms with Crippen LogP contribution in [0.1, 0.15) is 32.6 Å². The molecule has 1 aliphatic carbocycles. The molecule has 0 bridgehead atoms. The quantitative estimate of drug-likeness (QED) is 0.603. The summed E-state index contributed by atoms with van der Waals surface area (Å²) in [6.45, 7) is 2.76. The summed E-state index contributed by atoms with van der Waals surface area (Å²) in [5.74, 6) is -0.361. The Morgan fingerprint density at radius 3 is 2.75 bits per heavy atom. The maximum Gasteiger partial charge on any atom is 0.303 e. The molecule has 1 saturated carbocycles. The Balaban J connectivity index is 2.01. The minimum atomic E-state index is -0.840. The lowest BCUT2D eigenvalue weighted by molar-refractivity contribution is -0.137. The summed E-state index contributed by atoms with van der Waals surface area (Å²) in [6.07, 6.45) is 2.50. The number of aliphatic carboxylic acids is 1. The molecule has 1 atom stereocenters. The molecule has 1 unspecified atom stereocenters. The normalized spacial score (nSPS) is 16.8. The number of amides is 1. The van der Waals surface area contributed by atoms with Crippen LogP contribution in [0.2, 0.25) is 0 Å². The first-order chi connectivity index (χ1) is 7.59. The Morgan fingerprint density at radius 1 is 1.50 bits per heavy atom. The van der Waals surface area contributed by atoms with E-state index in [-0.39, 0.29) is 12.3 Å².